The normalized spacial score (nSPS) is 11.6. The van der Waals surface area contributed by atoms with Gasteiger partial charge >= 0.3 is 5.97 Å². The second-order valence-corrected chi connectivity index (χ2v) is 6.12. The second-order valence-electron chi connectivity index (χ2n) is 4.91. The minimum absolute atomic E-state index is 0.0296. The highest BCUT2D eigenvalue weighted by atomic mass is 35.5. The van der Waals surface area contributed by atoms with Crippen molar-refractivity contribution < 1.29 is 9.90 Å². The Bertz CT molecular complexity index is 984. The number of carboxylic acid groups (broad SMARTS) is 1. The Balaban J connectivity index is 2.08. The molecule has 0 radical (unpaired) electrons. The van der Waals surface area contributed by atoms with E-state index in [2.05, 4.69) is 4.98 Å². The first kappa shape index (κ1) is 15.5. The third-order valence-corrected chi connectivity index (χ3v) is 4.57. The Morgan fingerprint density at radius 2 is 2.26 bits per heavy atom. The highest BCUT2D eigenvalue weighted by molar-refractivity contribution is 7.15. The number of thiazole rings is 1. The molecule has 3 heterocycles. The first-order valence-corrected chi connectivity index (χ1v) is 7.93. The zero-order valence-electron chi connectivity index (χ0n) is 12.1. The molecule has 0 aliphatic heterocycles. The van der Waals surface area contributed by atoms with Gasteiger partial charge in [0.05, 0.1) is 12.1 Å². The SMILES string of the molecule is Cn1cccc1/C=C/c1nc2scc(CC(=O)O)n2c(=O)c1Cl. The van der Waals surface area contributed by atoms with Crippen molar-refractivity contribution in [1.82, 2.24) is 14.0 Å². The summed E-state index contributed by atoms with van der Waals surface area (Å²) in [5, 5.41) is 10.5. The molecule has 23 heavy (non-hydrogen) atoms. The lowest BCUT2D eigenvalue weighted by Crippen LogP contribution is -2.19. The topological polar surface area (TPSA) is 76.6 Å². The molecule has 3 rings (SSSR count). The Hall–Kier alpha value is -2.38. The summed E-state index contributed by atoms with van der Waals surface area (Å²) in [6.07, 6.45) is 5.15. The van der Waals surface area contributed by atoms with Crippen molar-refractivity contribution in [1.29, 1.82) is 0 Å². The van der Waals surface area contributed by atoms with Gasteiger partial charge in [0, 0.05) is 30.0 Å². The lowest BCUT2D eigenvalue weighted by molar-refractivity contribution is -0.136. The molecule has 0 atom stereocenters. The summed E-state index contributed by atoms with van der Waals surface area (Å²) in [5.74, 6) is -1.01. The number of halogens is 1. The fourth-order valence-corrected chi connectivity index (χ4v) is 3.28. The maximum Gasteiger partial charge on any atom is 0.309 e. The van der Waals surface area contributed by atoms with Gasteiger partial charge in [-0.1, -0.05) is 11.6 Å². The zero-order chi connectivity index (χ0) is 16.6. The summed E-state index contributed by atoms with van der Waals surface area (Å²) in [4.78, 5) is 28.0. The summed E-state index contributed by atoms with van der Waals surface area (Å²) < 4.78 is 3.17. The fraction of sp³-hybridized carbons (Fsp3) is 0.133. The van der Waals surface area contributed by atoms with Crippen LogP contribution < -0.4 is 5.56 Å². The van der Waals surface area contributed by atoms with Gasteiger partial charge in [0.25, 0.3) is 5.56 Å². The molecule has 3 aromatic rings. The molecule has 0 bridgehead atoms. The highest BCUT2D eigenvalue weighted by Gasteiger charge is 2.15. The van der Waals surface area contributed by atoms with E-state index in [-0.39, 0.29) is 11.4 Å². The van der Waals surface area contributed by atoms with Crippen molar-refractivity contribution in [3.8, 4) is 0 Å². The molecule has 1 N–H and O–H groups in total. The third-order valence-electron chi connectivity index (χ3n) is 3.34. The van der Waals surface area contributed by atoms with Crippen molar-refractivity contribution in [3.05, 3.63) is 56.2 Å². The van der Waals surface area contributed by atoms with Crippen molar-refractivity contribution in [2.24, 2.45) is 7.05 Å². The molecule has 0 amide bonds. The van der Waals surface area contributed by atoms with Crippen molar-refractivity contribution in [2.45, 2.75) is 6.42 Å². The molecule has 8 heteroatoms. The number of rotatable bonds is 4. The molecule has 0 saturated heterocycles. The van der Waals surface area contributed by atoms with Gasteiger partial charge in [-0.15, -0.1) is 11.3 Å². The van der Waals surface area contributed by atoms with E-state index in [0.717, 1.165) is 5.69 Å². The summed E-state index contributed by atoms with van der Waals surface area (Å²) in [5.41, 5.74) is 1.22. The maximum atomic E-state index is 12.4. The van der Waals surface area contributed by atoms with Crippen LogP contribution in [0.25, 0.3) is 17.1 Å². The van der Waals surface area contributed by atoms with Gasteiger partial charge in [0.2, 0.25) is 0 Å². The number of fused-ring (bicyclic) bond motifs is 1. The average molecular weight is 350 g/mol. The van der Waals surface area contributed by atoms with Gasteiger partial charge in [-0.3, -0.25) is 14.0 Å². The van der Waals surface area contributed by atoms with Crippen LogP contribution >= 0.6 is 22.9 Å². The van der Waals surface area contributed by atoms with Crippen LogP contribution in [0.3, 0.4) is 0 Å². The van der Waals surface area contributed by atoms with Crippen LogP contribution in [0.15, 0.2) is 28.5 Å². The van der Waals surface area contributed by atoms with E-state index in [1.807, 2.05) is 36.0 Å². The molecule has 0 fully saturated rings. The van der Waals surface area contributed by atoms with Crippen LogP contribution in [-0.4, -0.2) is 25.0 Å². The van der Waals surface area contributed by atoms with Crippen molar-refractivity contribution in [2.75, 3.05) is 0 Å². The number of hydrogen-bond acceptors (Lipinski definition) is 4. The van der Waals surface area contributed by atoms with E-state index in [1.54, 1.807) is 11.5 Å². The molecule has 0 saturated carbocycles. The van der Waals surface area contributed by atoms with Crippen LogP contribution in [0.1, 0.15) is 17.1 Å². The van der Waals surface area contributed by atoms with Crippen LogP contribution in [-0.2, 0) is 18.3 Å². The van der Waals surface area contributed by atoms with Gasteiger partial charge in [-0.2, -0.15) is 0 Å². The molecule has 3 aromatic heterocycles. The number of nitrogens with zero attached hydrogens (tertiary/aromatic N) is 3. The lowest BCUT2D eigenvalue weighted by atomic mass is 10.3. The molecule has 0 aliphatic carbocycles. The van der Waals surface area contributed by atoms with Crippen LogP contribution in [0, 0.1) is 0 Å². The number of aliphatic carboxylic acids is 1. The third kappa shape index (κ3) is 2.93. The molecule has 118 valence electrons. The van der Waals surface area contributed by atoms with Crippen LogP contribution in [0.5, 0.6) is 0 Å². The van der Waals surface area contributed by atoms with Gasteiger partial charge in [-0.25, -0.2) is 4.98 Å². The number of carbonyl (C=O) groups is 1. The molecule has 6 nitrogen and oxygen atoms in total. The smallest absolute Gasteiger partial charge is 0.309 e. The Labute approximate surface area is 139 Å². The van der Waals surface area contributed by atoms with E-state index in [4.69, 9.17) is 16.7 Å². The summed E-state index contributed by atoms with van der Waals surface area (Å²) in [7, 11) is 1.91. The standard InChI is InChI=1S/C15H12ClN3O3S/c1-18-6-2-3-9(18)4-5-11-13(16)14(22)19-10(7-12(20)21)8-23-15(19)17-11/h2-6,8H,7H2,1H3,(H,20,21)/b5-4+. The molecule has 0 unspecified atom stereocenters. The Morgan fingerprint density at radius 3 is 2.91 bits per heavy atom. The summed E-state index contributed by atoms with van der Waals surface area (Å²) in [6, 6.07) is 3.83. The predicted molar refractivity (Wildman–Crippen MR) is 90.0 cm³/mol. The van der Waals surface area contributed by atoms with Crippen LogP contribution in [0.2, 0.25) is 5.02 Å². The number of hydrogen-bond donors (Lipinski definition) is 1. The van der Waals surface area contributed by atoms with E-state index >= 15 is 0 Å². The van der Waals surface area contributed by atoms with Gasteiger partial charge in [-0.05, 0) is 24.3 Å². The first-order valence-electron chi connectivity index (χ1n) is 6.67. The highest BCUT2D eigenvalue weighted by Crippen LogP contribution is 2.19. The molecular formula is C15H12ClN3O3S. The summed E-state index contributed by atoms with van der Waals surface area (Å²) >= 11 is 7.33. The monoisotopic (exact) mass is 349 g/mol. The average Bonchev–Trinajstić information content (AvgIpc) is 3.07. The van der Waals surface area contributed by atoms with Crippen molar-refractivity contribution >= 4 is 46.0 Å². The first-order chi connectivity index (χ1) is 11.0. The van der Waals surface area contributed by atoms with Gasteiger partial charge < -0.3 is 9.67 Å². The molecule has 0 spiro atoms. The van der Waals surface area contributed by atoms with Crippen LogP contribution in [0.4, 0.5) is 0 Å². The number of carboxylic acids is 1. The quantitative estimate of drug-likeness (QED) is 0.785. The van der Waals surface area contributed by atoms with Gasteiger partial charge in [0.15, 0.2) is 4.96 Å². The van der Waals surface area contributed by atoms with E-state index in [0.29, 0.717) is 16.3 Å². The molecule has 0 aromatic carbocycles. The Morgan fingerprint density at radius 1 is 1.48 bits per heavy atom. The van der Waals surface area contributed by atoms with E-state index < -0.39 is 11.5 Å². The number of aryl methyl sites for hydroxylation is 1. The summed E-state index contributed by atoms with van der Waals surface area (Å²) in [6.45, 7) is 0. The minimum Gasteiger partial charge on any atom is -0.481 e. The Kier molecular flexibility index (Phi) is 4.06. The predicted octanol–water partition coefficient (Wildman–Crippen LogP) is 2.55. The maximum absolute atomic E-state index is 12.4. The second kappa shape index (κ2) is 6.02. The van der Waals surface area contributed by atoms with E-state index in [9.17, 15) is 9.59 Å². The van der Waals surface area contributed by atoms with E-state index in [1.165, 1.54) is 15.7 Å². The minimum atomic E-state index is -1.01. The lowest BCUT2D eigenvalue weighted by Gasteiger charge is -2.02. The molecule has 0 aliphatic rings. The molecular weight excluding hydrogens is 338 g/mol. The zero-order valence-corrected chi connectivity index (χ0v) is 13.6. The largest absolute Gasteiger partial charge is 0.481 e. The van der Waals surface area contributed by atoms with Crippen molar-refractivity contribution in [3.63, 3.8) is 0 Å². The fourth-order valence-electron chi connectivity index (χ4n) is 2.20. The van der Waals surface area contributed by atoms with Gasteiger partial charge in [0.1, 0.15) is 5.02 Å². The number of aromatic nitrogens is 3.